The van der Waals surface area contributed by atoms with Crippen LogP contribution in [0.3, 0.4) is 0 Å². The van der Waals surface area contributed by atoms with E-state index in [-0.39, 0.29) is 5.54 Å². The summed E-state index contributed by atoms with van der Waals surface area (Å²) in [4.78, 5) is 4.73. The van der Waals surface area contributed by atoms with E-state index in [0.29, 0.717) is 17.7 Å². The highest BCUT2D eigenvalue weighted by molar-refractivity contribution is 5.06. The van der Waals surface area contributed by atoms with Crippen molar-refractivity contribution in [3.05, 3.63) is 11.7 Å². The molecular formula is C17H29N3O. The molecule has 4 heteroatoms. The second-order valence-corrected chi connectivity index (χ2v) is 7.36. The lowest BCUT2D eigenvalue weighted by Crippen LogP contribution is -2.41. The Balaban J connectivity index is 1.72. The average molecular weight is 291 g/mol. The van der Waals surface area contributed by atoms with Gasteiger partial charge in [0, 0.05) is 5.92 Å². The molecule has 2 aliphatic carbocycles. The van der Waals surface area contributed by atoms with Crippen molar-refractivity contribution in [2.45, 2.75) is 89.0 Å². The number of hydrogen-bond donors (Lipinski definition) is 1. The Morgan fingerprint density at radius 1 is 1.05 bits per heavy atom. The number of nitrogens with zero attached hydrogens (tertiary/aromatic N) is 2. The summed E-state index contributed by atoms with van der Waals surface area (Å²) >= 11 is 0. The molecule has 21 heavy (non-hydrogen) atoms. The second kappa shape index (κ2) is 6.47. The molecule has 2 aliphatic rings. The van der Waals surface area contributed by atoms with Crippen molar-refractivity contribution in [2.24, 2.45) is 11.7 Å². The molecule has 2 saturated carbocycles. The maximum absolute atomic E-state index is 6.57. The summed E-state index contributed by atoms with van der Waals surface area (Å²) in [5.41, 5.74) is 6.19. The summed E-state index contributed by atoms with van der Waals surface area (Å²) in [6, 6.07) is 0. The number of aromatic nitrogens is 2. The number of hydrogen-bond acceptors (Lipinski definition) is 4. The van der Waals surface area contributed by atoms with E-state index in [1.165, 1.54) is 57.8 Å². The van der Waals surface area contributed by atoms with Gasteiger partial charge in [0.1, 0.15) is 0 Å². The Morgan fingerprint density at radius 3 is 2.48 bits per heavy atom. The predicted molar refractivity (Wildman–Crippen MR) is 82.9 cm³/mol. The molecule has 1 aromatic rings. The van der Waals surface area contributed by atoms with Crippen LogP contribution in [0.1, 0.15) is 95.2 Å². The Morgan fingerprint density at radius 2 is 1.76 bits per heavy atom. The van der Waals surface area contributed by atoms with Crippen LogP contribution in [-0.2, 0) is 5.54 Å². The molecule has 0 aromatic carbocycles. The summed E-state index contributed by atoms with van der Waals surface area (Å²) in [6.45, 7) is 2.27. The molecular weight excluding hydrogens is 262 g/mol. The molecule has 3 rings (SSSR count). The van der Waals surface area contributed by atoms with Gasteiger partial charge in [-0.1, -0.05) is 57.0 Å². The zero-order chi connectivity index (χ0) is 14.7. The SMILES string of the molecule is CC1CCCC(N)(c2nc(C3CCCCCCC3)no2)C1. The third-order valence-corrected chi connectivity index (χ3v) is 5.37. The predicted octanol–water partition coefficient (Wildman–Crippen LogP) is 4.26. The maximum Gasteiger partial charge on any atom is 0.246 e. The molecule has 0 spiro atoms. The highest BCUT2D eigenvalue weighted by Gasteiger charge is 2.38. The van der Waals surface area contributed by atoms with Gasteiger partial charge in [-0.25, -0.2) is 0 Å². The Labute approximate surface area is 127 Å². The molecule has 118 valence electrons. The Kier molecular flexibility index (Phi) is 4.63. The van der Waals surface area contributed by atoms with Crippen LogP contribution in [0.15, 0.2) is 4.52 Å². The highest BCUT2D eigenvalue weighted by atomic mass is 16.5. The fraction of sp³-hybridized carbons (Fsp3) is 0.882. The van der Waals surface area contributed by atoms with Gasteiger partial charge in [0.25, 0.3) is 0 Å². The maximum atomic E-state index is 6.57. The minimum Gasteiger partial charge on any atom is -0.337 e. The van der Waals surface area contributed by atoms with Gasteiger partial charge in [0.2, 0.25) is 5.89 Å². The molecule has 4 nitrogen and oxygen atoms in total. The standard InChI is InChI=1S/C17H29N3O/c1-13-8-7-11-17(18,12-13)16-19-15(20-21-16)14-9-5-3-2-4-6-10-14/h13-14H,2-12,18H2,1H3. The van der Waals surface area contributed by atoms with Crippen LogP contribution < -0.4 is 5.73 Å². The van der Waals surface area contributed by atoms with Gasteiger partial charge in [-0.2, -0.15) is 4.98 Å². The summed E-state index contributed by atoms with van der Waals surface area (Å²) in [5.74, 6) is 2.73. The quantitative estimate of drug-likeness (QED) is 0.884. The van der Waals surface area contributed by atoms with Crippen molar-refractivity contribution >= 4 is 0 Å². The second-order valence-electron chi connectivity index (χ2n) is 7.36. The lowest BCUT2D eigenvalue weighted by molar-refractivity contribution is 0.183. The van der Waals surface area contributed by atoms with Gasteiger partial charge in [-0.05, 0) is 31.6 Å². The molecule has 2 unspecified atom stereocenters. The molecule has 1 aromatic heterocycles. The third-order valence-electron chi connectivity index (χ3n) is 5.37. The fourth-order valence-corrected chi connectivity index (χ4v) is 4.10. The monoisotopic (exact) mass is 291 g/mol. The summed E-state index contributed by atoms with van der Waals surface area (Å²) in [7, 11) is 0. The smallest absolute Gasteiger partial charge is 0.246 e. The van der Waals surface area contributed by atoms with Crippen molar-refractivity contribution in [1.29, 1.82) is 0 Å². The molecule has 2 N–H and O–H groups in total. The van der Waals surface area contributed by atoms with Crippen molar-refractivity contribution in [3.63, 3.8) is 0 Å². The van der Waals surface area contributed by atoms with Gasteiger partial charge < -0.3 is 10.3 Å². The molecule has 0 saturated heterocycles. The normalized spacial score (nSPS) is 32.6. The van der Waals surface area contributed by atoms with E-state index in [1.54, 1.807) is 0 Å². The molecule has 0 amide bonds. The van der Waals surface area contributed by atoms with Gasteiger partial charge in [0.15, 0.2) is 5.82 Å². The molecule has 2 atom stereocenters. The minimum atomic E-state index is -0.384. The van der Waals surface area contributed by atoms with E-state index in [1.807, 2.05) is 0 Å². The molecule has 1 heterocycles. The third kappa shape index (κ3) is 3.47. The summed E-state index contributed by atoms with van der Waals surface area (Å²) in [5, 5.41) is 4.29. The first kappa shape index (κ1) is 15.0. The van der Waals surface area contributed by atoms with Crippen LogP contribution in [0.2, 0.25) is 0 Å². The summed E-state index contributed by atoms with van der Waals surface area (Å²) < 4.78 is 5.59. The van der Waals surface area contributed by atoms with Crippen LogP contribution in [0.5, 0.6) is 0 Å². The Bertz CT molecular complexity index is 451. The molecule has 0 aliphatic heterocycles. The highest BCUT2D eigenvalue weighted by Crippen LogP contribution is 2.38. The van der Waals surface area contributed by atoms with E-state index in [0.717, 1.165) is 18.7 Å². The first-order valence-corrected chi connectivity index (χ1v) is 8.80. The average Bonchev–Trinajstić information content (AvgIpc) is 2.88. The lowest BCUT2D eigenvalue weighted by atomic mass is 9.77. The van der Waals surface area contributed by atoms with E-state index < -0.39 is 0 Å². The van der Waals surface area contributed by atoms with Crippen molar-refractivity contribution < 1.29 is 4.52 Å². The zero-order valence-electron chi connectivity index (χ0n) is 13.3. The largest absolute Gasteiger partial charge is 0.337 e. The molecule has 0 bridgehead atoms. The van der Waals surface area contributed by atoms with Gasteiger partial charge in [-0.3, -0.25) is 0 Å². The number of rotatable bonds is 2. The van der Waals surface area contributed by atoms with Gasteiger partial charge in [0.05, 0.1) is 5.54 Å². The summed E-state index contributed by atoms with van der Waals surface area (Å²) in [6.07, 6.45) is 13.4. The van der Waals surface area contributed by atoms with Crippen LogP contribution in [-0.4, -0.2) is 10.1 Å². The van der Waals surface area contributed by atoms with Crippen LogP contribution in [0.4, 0.5) is 0 Å². The Hall–Kier alpha value is -0.900. The topological polar surface area (TPSA) is 64.9 Å². The van der Waals surface area contributed by atoms with Crippen LogP contribution >= 0.6 is 0 Å². The fourth-order valence-electron chi connectivity index (χ4n) is 4.10. The van der Waals surface area contributed by atoms with E-state index in [2.05, 4.69) is 12.1 Å². The van der Waals surface area contributed by atoms with Crippen molar-refractivity contribution in [2.75, 3.05) is 0 Å². The molecule has 0 radical (unpaired) electrons. The van der Waals surface area contributed by atoms with Gasteiger partial charge in [-0.15, -0.1) is 0 Å². The van der Waals surface area contributed by atoms with Gasteiger partial charge >= 0.3 is 0 Å². The van der Waals surface area contributed by atoms with E-state index >= 15 is 0 Å². The van der Waals surface area contributed by atoms with E-state index in [4.69, 9.17) is 15.2 Å². The minimum absolute atomic E-state index is 0.384. The lowest BCUT2D eigenvalue weighted by Gasteiger charge is -2.33. The van der Waals surface area contributed by atoms with Crippen molar-refractivity contribution in [3.8, 4) is 0 Å². The van der Waals surface area contributed by atoms with Crippen LogP contribution in [0.25, 0.3) is 0 Å². The molecule has 2 fully saturated rings. The zero-order valence-corrected chi connectivity index (χ0v) is 13.3. The van der Waals surface area contributed by atoms with E-state index in [9.17, 15) is 0 Å². The number of nitrogens with two attached hydrogens (primary N) is 1. The van der Waals surface area contributed by atoms with Crippen molar-refractivity contribution in [1.82, 2.24) is 10.1 Å². The van der Waals surface area contributed by atoms with Crippen LogP contribution in [0, 0.1) is 5.92 Å². The first-order chi connectivity index (χ1) is 10.2. The first-order valence-electron chi connectivity index (χ1n) is 8.80.